The summed E-state index contributed by atoms with van der Waals surface area (Å²) in [5.74, 6) is 0.369. The fraction of sp³-hybridized carbons (Fsp3) is 0.154. The summed E-state index contributed by atoms with van der Waals surface area (Å²) in [6, 6.07) is 25.3. The molecule has 0 spiro atoms. The molecule has 0 aliphatic rings. The Hall–Kier alpha value is -3.11. The quantitative estimate of drug-likeness (QED) is 0.237. The number of nitriles is 1. The largest absolute Gasteiger partial charge is 0.488 e. The van der Waals surface area contributed by atoms with E-state index in [4.69, 9.17) is 4.74 Å². The summed E-state index contributed by atoms with van der Waals surface area (Å²) < 4.78 is 6.85. The molecule has 3 aromatic carbocycles. The van der Waals surface area contributed by atoms with E-state index >= 15 is 0 Å². The molecule has 0 bridgehead atoms. The van der Waals surface area contributed by atoms with Crippen molar-refractivity contribution in [2.24, 2.45) is 0 Å². The van der Waals surface area contributed by atoms with E-state index in [0.29, 0.717) is 6.61 Å². The van der Waals surface area contributed by atoms with Gasteiger partial charge in [0, 0.05) is 0 Å². The number of carbonyl (C=O) groups is 1. The van der Waals surface area contributed by atoms with Crippen molar-refractivity contribution in [2.45, 2.75) is 26.5 Å². The van der Waals surface area contributed by atoms with E-state index in [1.807, 2.05) is 73.7 Å². The van der Waals surface area contributed by atoms with Crippen molar-refractivity contribution in [1.82, 2.24) is 5.32 Å². The molecule has 0 fully saturated rings. The molecule has 3 rings (SSSR count). The Morgan fingerprint density at radius 1 is 1.13 bits per heavy atom. The highest BCUT2D eigenvalue weighted by Crippen LogP contribution is 2.24. The van der Waals surface area contributed by atoms with E-state index in [0.717, 1.165) is 26.0 Å². The molecule has 0 unspecified atom stereocenters. The number of amides is 1. The maximum absolute atomic E-state index is 12.6. The van der Waals surface area contributed by atoms with E-state index in [1.54, 1.807) is 6.08 Å². The van der Waals surface area contributed by atoms with Gasteiger partial charge in [-0.2, -0.15) is 5.26 Å². The highest BCUT2D eigenvalue weighted by Gasteiger charge is 2.14. The summed E-state index contributed by atoms with van der Waals surface area (Å²) in [7, 11) is 0. The molecule has 4 nitrogen and oxygen atoms in total. The minimum atomic E-state index is -0.395. The molecule has 1 N–H and O–H groups in total. The van der Waals surface area contributed by atoms with Crippen molar-refractivity contribution in [3.63, 3.8) is 0 Å². The van der Waals surface area contributed by atoms with E-state index in [1.165, 1.54) is 5.56 Å². The molecular weight excluding hydrogens is 499 g/mol. The molecule has 156 valence electrons. The normalized spacial score (nSPS) is 12.0. The number of ether oxygens (including phenoxy) is 1. The number of aryl methyl sites for hydroxylation is 1. The lowest BCUT2D eigenvalue weighted by Gasteiger charge is -2.14. The average molecular weight is 522 g/mol. The molecule has 0 aliphatic heterocycles. The van der Waals surface area contributed by atoms with Gasteiger partial charge >= 0.3 is 0 Å². The van der Waals surface area contributed by atoms with Crippen molar-refractivity contribution in [2.75, 3.05) is 0 Å². The molecular formula is C26H23IN2O2. The minimum absolute atomic E-state index is 0.0620. The second-order valence-corrected chi connectivity index (χ2v) is 8.41. The maximum atomic E-state index is 12.6. The van der Waals surface area contributed by atoms with Crippen molar-refractivity contribution in [1.29, 1.82) is 5.26 Å². The first-order valence-corrected chi connectivity index (χ1v) is 11.0. The van der Waals surface area contributed by atoms with Crippen LogP contribution in [0.2, 0.25) is 0 Å². The molecule has 0 radical (unpaired) electrons. The molecule has 0 saturated carbocycles. The van der Waals surface area contributed by atoms with Crippen LogP contribution in [0.5, 0.6) is 5.75 Å². The van der Waals surface area contributed by atoms with Gasteiger partial charge in [0.15, 0.2) is 0 Å². The maximum Gasteiger partial charge on any atom is 0.262 e. The van der Waals surface area contributed by atoms with Gasteiger partial charge in [-0.05, 0) is 71.3 Å². The lowest BCUT2D eigenvalue weighted by molar-refractivity contribution is -0.117. The zero-order valence-corrected chi connectivity index (χ0v) is 19.6. The predicted octanol–water partition coefficient (Wildman–Crippen LogP) is 5.96. The molecule has 0 aliphatic carbocycles. The smallest absolute Gasteiger partial charge is 0.262 e. The molecule has 0 heterocycles. The molecule has 0 saturated heterocycles. The summed E-state index contributed by atoms with van der Waals surface area (Å²) in [6.45, 7) is 4.43. The lowest BCUT2D eigenvalue weighted by Crippen LogP contribution is -2.27. The van der Waals surface area contributed by atoms with Gasteiger partial charge in [0.25, 0.3) is 5.91 Å². The number of halogens is 1. The van der Waals surface area contributed by atoms with Gasteiger partial charge in [-0.25, -0.2) is 0 Å². The zero-order chi connectivity index (χ0) is 22.2. The van der Waals surface area contributed by atoms with Crippen LogP contribution < -0.4 is 10.1 Å². The van der Waals surface area contributed by atoms with Gasteiger partial charge in [0.05, 0.1) is 9.61 Å². The number of hydrogen-bond donors (Lipinski definition) is 1. The van der Waals surface area contributed by atoms with Crippen LogP contribution in [0.25, 0.3) is 6.08 Å². The van der Waals surface area contributed by atoms with Crippen LogP contribution in [0.4, 0.5) is 0 Å². The molecule has 5 heteroatoms. The zero-order valence-electron chi connectivity index (χ0n) is 17.4. The molecule has 3 aromatic rings. The van der Waals surface area contributed by atoms with Crippen LogP contribution in [0.3, 0.4) is 0 Å². The van der Waals surface area contributed by atoms with Gasteiger partial charge < -0.3 is 10.1 Å². The van der Waals surface area contributed by atoms with Crippen LogP contribution in [0.15, 0.2) is 78.4 Å². The van der Waals surface area contributed by atoms with Gasteiger partial charge in [-0.3, -0.25) is 4.79 Å². The summed E-state index contributed by atoms with van der Waals surface area (Å²) in [4.78, 5) is 12.6. The number of hydrogen-bond acceptors (Lipinski definition) is 3. The second-order valence-electron chi connectivity index (χ2n) is 7.24. The first-order chi connectivity index (χ1) is 15.0. The third-order valence-electron chi connectivity index (χ3n) is 4.76. The Morgan fingerprint density at radius 2 is 1.90 bits per heavy atom. The number of rotatable bonds is 7. The monoisotopic (exact) mass is 522 g/mol. The Labute approximate surface area is 196 Å². The summed E-state index contributed by atoms with van der Waals surface area (Å²) >= 11 is 2.20. The van der Waals surface area contributed by atoms with Crippen molar-refractivity contribution >= 4 is 34.6 Å². The minimum Gasteiger partial charge on any atom is -0.488 e. The van der Waals surface area contributed by atoms with Gasteiger partial charge in [-0.1, -0.05) is 66.2 Å². The molecule has 31 heavy (non-hydrogen) atoms. The topological polar surface area (TPSA) is 62.1 Å². The number of nitrogens with one attached hydrogen (secondary N) is 1. The van der Waals surface area contributed by atoms with Crippen LogP contribution in [0.1, 0.15) is 35.2 Å². The van der Waals surface area contributed by atoms with Crippen molar-refractivity contribution < 1.29 is 9.53 Å². The first kappa shape index (κ1) is 22.6. The average Bonchev–Trinajstić information content (AvgIpc) is 2.77. The molecule has 1 atom stereocenters. The van der Waals surface area contributed by atoms with E-state index in [-0.39, 0.29) is 11.6 Å². The third kappa shape index (κ3) is 6.43. The fourth-order valence-electron chi connectivity index (χ4n) is 3.10. The number of carbonyl (C=O) groups excluding carboxylic acids is 1. The van der Waals surface area contributed by atoms with Gasteiger partial charge in [0.1, 0.15) is 24.0 Å². The first-order valence-electron chi connectivity index (χ1n) is 9.92. The lowest BCUT2D eigenvalue weighted by atomic mass is 10.1. The molecule has 1 amide bonds. The Bertz CT molecular complexity index is 1130. The Morgan fingerprint density at radius 3 is 2.58 bits per heavy atom. The van der Waals surface area contributed by atoms with E-state index < -0.39 is 5.91 Å². The molecule has 0 aromatic heterocycles. The summed E-state index contributed by atoms with van der Waals surface area (Å²) in [5.41, 5.74) is 4.12. The standard InChI is InChI=1S/C26H23IN2O2/c1-18-7-6-8-21(13-18)17-31-25-12-11-20(15-24(25)27)14-23(16-28)26(30)29-19(2)22-9-4-3-5-10-22/h3-15,19H,17H2,1-2H3,(H,29,30)/b23-14-/t19-/m1/s1. The van der Waals surface area contributed by atoms with Gasteiger partial charge in [-0.15, -0.1) is 0 Å². The highest BCUT2D eigenvalue weighted by molar-refractivity contribution is 14.1. The number of nitrogens with zero attached hydrogens (tertiary/aromatic N) is 1. The summed E-state index contributed by atoms with van der Waals surface area (Å²) in [6.07, 6.45) is 1.60. The fourth-order valence-corrected chi connectivity index (χ4v) is 3.80. The predicted molar refractivity (Wildman–Crippen MR) is 131 cm³/mol. The summed E-state index contributed by atoms with van der Waals surface area (Å²) in [5, 5.41) is 12.4. The highest BCUT2D eigenvalue weighted by atomic mass is 127. The van der Waals surface area contributed by atoms with Crippen LogP contribution in [-0.2, 0) is 11.4 Å². The van der Waals surface area contributed by atoms with Crippen LogP contribution in [-0.4, -0.2) is 5.91 Å². The number of benzene rings is 3. The van der Waals surface area contributed by atoms with E-state index in [9.17, 15) is 10.1 Å². The van der Waals surface area contributed by atoms with Crippen LogP contribution in [0, 0.1) is 21.8 Å². The van der Waals surface area contributed by atoms with Crippen molar-refractivity contribution in [3.8, 4) is 11.8 Å². The van der Waals surface area contributed by atoms with Gasteiger partial charge in [0.2, 0.25) is 0 Å². The third-order valence-corrected chi connectivity index (χ3v) is 5.60. The second kappa shape index (κ2) is 10.8. The van der Waals surface area contributed by atoms with E-state index in [2.05, 4.69) is 47.0 Å². The Kier molecular flexibility index (Phi) is 7.85. The van der Waals surface area contributed by atoms with Crippen molar-refractivity contribution in [3.05, 3.63) is 104 Å². The van der Waals surface area contributed by atoms with Crippen LogP contribution >= 0.6 is 22.6 Å². The Balaban J connectivity index is 1.68. The SMILES string of the molecule is Cc1cccc(COc2ccc(/C=C(/C#N)C(=O)N[C@H](C)c3ccccc3)cc2I)c1.